The predicted molar refractivity (Wildman–Crippen MR) is 496 cm³/mol. The van der Waals surface area contributed by atoms with Crippen molar-refractivity contribution in [1.29, 1.82) is 0 Å². The first-order chi connectivity index (χ1) is 61.7. The zero-order chi connectivity index (χ0) is 97.2. The molecule has 41 heteroatoms. The summed E-state index contributed by atoms with van der Waals surface area (Å²) in [7, 11) is 1.82. The molecule has 17 amide bonds. The SMILES string of the molecule is CC(=O)NCCCC[C@@H]1NC(=O)[C@H](CCc2c[nH]c3c(C)cccc23)NC(=O)[C@H]([C@@H](C)O)NC(=O)[C@H](CC(N)=O)NC(=O)[C@@H](NC(C)=O)C(C)(C)SSC(C)(C)[C@@H](C(=O)N[C@@H](Cc2ccc(OCCN)cc2)C(=O)N[C@@H](Cc2ccc3ccccc3c2)C(=O)N[C@@](C)(CCCCN)C(=O)N[C@@H](CCCCNC(C)=O)C(=O)N[C@@H](CC(N)=O)C(=O)N[C@H](CC(C)C)C(N)=O)NC1=O. The number of hydrogen-bond acceptors (Lipinski definition) is 23. The molecule has 1 saturated heterocycles. The first kappa shape index (κ1) is 108. The Bertz CT molecular complexity index is 4860. The van der Waals surface area contributed by atoms with E-state index in [9.17, 15) is 57.8 Å². The number of ether oxygens (including phenoxy) is 1. The van der Waals surface area contributed by atoms with Crippen molar-refractivity contribution in [3.8, 4) is 5.75 Å². The lowest BCUT2D eigenvalue weighted by molar-refractivity contribution is -0.138. The zero-order valence-electron chi connectivity index (χ0n) is 76.5. The van der Waals surface area contributed by atoms with Crippen LogP contribution in [-0.2, 0) is 101 Å². The minimum absolute atomic E-state index is 0.0787. The second-order valence-corrected chi connectivity index (χ2v) is 38.2. The number of fused-ring (bicyclic) bond motifs is 2. The molecule has 2 heterocycles. The minimum Gasteiger partial charge on any atom is -0.492 e. The van der Waals surface area contributed by atoms with E-state index in [1.54, 1.807) is 68.6 Å². The molecule has 0 unspecified atom stereocenters. The number of aromatic nitrogens is 1. The van der Waals surface area contributed by atoms with Gasteiger partial charge in [0.05, 0.1) is 18.9 Å². The van der Waals surface area contributed by atoms with Crippen LogP contribution in [0, 0.1) is 12.8 Å². The molecule has 1 aliphatic heterocycles. The topological polar surface area (TPSA) is 634 Å². The Kier molecular flexibility index (Phi) is 42.5. The number of H-pyrrole nitrogens is 1. The number of nitrogens with one attached hydrogen (secondary N) is 15. The lowest BCUT2D eigenvalue weighted by Crippen LogP contribution is -2.65. The van der Waals surface area contributed by atoms with Gasteiger partial charge in [-0.1, -0.05) is 108 Å². The number of carbonyl (C=O) groups excluding carboxylic acids is 17. The molecule has 0 saturated carbocycles. The number of amides is 17. The van der Waals surface area contributed by atoms with Crippen LogP contribution in [-0.4, -0.2) is 231 Å². The molecule has 4 aromatic carbocycles. The van der Waals surface area contributed by atoms with E-state index in [4.69, 9.17) is 33.4 Å². The highest BCUT2D eigenvalue weighted by molar-refractivity contribution is 8.77. The smallest absolute Gasteiger partial charge is 0.246 e. The Morgan fingerprint density at radius 3 is 1.75 bits per heavy atom. The van der Waals surface area contributed by atoms with E-state index in [1.807, 2.05) is 43.3 Å². The van der Waals surface area contributed by atoms with Crippen molar-refractivity contribution in [2.45, 2.75) is 273 Å². The molecule has 0 spiro atoms. The van der Waals surface area contributed by atoms with E-state index in [0.29, 0.717) is 28.9 Å². The first-order valence-electron chi connectivity index (χ1n) is 43.9. The third-order valence-electron chi connectivity index (χ3n) is 22.0. The molecule has 5 aromatic rings. The first-order valence-corrected chi connectivity index (χ1v) is 46.1. The monoisotopic (exact) mass is 1860 g/mol. The van der Waals surface area contributed by atoms with Gasteiger partial charge in [0.2, 0.25) is 100 Å². The number of hydrogen-bond donors (Lipinski definition) is 21. The van der Waals surface area contributed by atoms with Gasteiger partial charge in [-0.05, 0) is 183 Å². The fourth-order valence-corrected chi connectivity index (χ4v) is 17.6. The van der Waals surface area contributed by atoms with Gasteiger partial charge >= 0.3 is 0 Å². The van der Waals surface area contributed by atoms with Gasteiger partial charge in [0.25, 0.3) is 0 Å². The Balaban J connectivity index is 1.54. The van der Waals surface area contributed by atoms with Crippen LogP contribution in [0.15, 0.2) is 91.1 Å². The summed E-state index contributed by atoms with van der Waals surface area (Å²) in [6, 6.07) is 6.12. The number of nitrogens with two attached hydrogens (primary N) is 5. The van der Waals surface area contributed by atoms with Crippen LogP contribution in [0.1, 0.15) is 182 Å². The van der Waals surface area contributed by atoms with Crippen LogP contribution >= 0.6 is 21.6 Å². The maximum Gasteiger partial charge on any atom is 0.246 e. The summed E-state index contributed by atoms with van der Waals surface area (Å²) < 4.78 is 2.59. The molecular formula is C90H132N20O19S2. The van der Waals surface area contributed by atoms with E-state index in [1.165, 1.54) is 48.5 Å². The van der Waals surface area contributed by atoms with Crippen molar-refractivity contribution in [2.75, 3.05) is 32.8 Å². The average molecular weight is 1860 g/mol. The van der Waals surface area contributed by atoms with Crippen LogP contribution in [0.3, 0.4) is 0 Å². The lowest BCUT2D eigenvalue weighted by Gasteiger charge is -2.39. The molecule has 0 bridgehead atoms. The minimum atomic E-state index is -2.02. The summed E-state index contributed by atoms with van der Waals surface area (Å²) in [4.78, 5) is 247. The number of aryl methyl sites for hydroxylation is 2. The van der Waals surface area contributed by atoms with Crippen molar-refractivity contribution in [3.63, 3.8) is 0 Å². The Morgan fingerprint density at radius 2 is 1.13 bits per heavy atom. The molecule has 131 heavy (non-hydrogen) atoms. The number of primary amides is 3. The summed E-state index contributed by atoms with van der Waals surface area (Å²) >= 11 is 0. The number of aliphatic hydroxyl groups excluding tert-OH is 1. The number of aromatic amines is 1. The van der Waals surface area contributed by atoms with Gasteiger partial charge in [-0.3, -0.25) is 81.5 Å². The Morgan fingerprint density at radius 1 is 0.557 bits per heavy atom. The maximum atomic E-state index is 16.4. The molecule has 6 rings (SSSR count). The molecule has 1 aromatic heterocycles. The predicted octanol–water partition coefficient (Wildman–Crippen LogP) is -0.0304. The molecule has 1 fully saturated rings. The van der Waals surface area contributed by atoms with Crippen LogP contribution in [0.4, 0.5) is 0 Å². The maximum absolute atomic E-state index is 16.4. The van der Waals surface area contributed by atoms with Crippen LogP contribution < -0.4 is 108 Å². The number of benzene rings is 4. The summed E-state index contributed by atoms with van der Waals surface area (Å²) in [6.07, 6.45) is -1.69. The fourth-order valence-electron chi connectivity index (χ4n) is 14.8. The summed E-state index contributed by atoms with van der Waals surface area (Å²) in [5, 5.41) is 51.2. The van der Waals surface area contributed by atoms with E-state index in [2.05, 4.69) is 79.4 Å². The van der Waals surface area contributed by atoms with E-state index >= 15 is 28.8 Å². The normalized spacial score (nSPS) is 19.2. The van der Waals surface area contributed by atoms with Gasteiger partial charge in [-0.2, -0.15) is 0 Å². The fraction of sp³-hybridized carbons (Fsp3) is 0.544. The highest BCUT2D eigenvalue weighted by atomic mass is 33.1. The van der Waals surface area contributed by atoms with Crippen LogP contribution in [0.2, 0.25) is 0 Å². The number of para-hydroxylation sites is 1. The quantitative estimate of drug-likeness (QED) is 0.0180. The van der Waals surface area contributed by atoms with Crippen molar-refractivity contribution in [1.82, 2.24) is 79.4 Å². The van der Waals surface area contributed by atoms with Crippen molar-refractivity contribution in [2.24, 2.45) is 34.6 Å². The highest BCUT2D eigenvalue weighted by Gasteiger charge is 2.47. The van der Waals surface area contributed by atoms with Crippen molar-refractivity contribution < 1.29 is 91.4 Å². The third kappa shape index (κ3) is 34.7. The van der Waals surface area contributed by atoms with Crippen LogP contribution in [0.5, 0.6) is 5.75 Å². The van der Waals surface area contributed by atoms with Gasteiger partial charge in [0, 0.05) is 79.8 Å². The summed E-state index contributed by atoms with van der Waals surface area (Å²) in [5.74, 6) is -15.7. The van der Waals surface area contributed by atoms with Gasteiger partial charge in [-0.25, -0.2) is 0 Å². The molecule has 0 radical (unpaired) electrons. The van der Waals surface area contributed by atoms with E-state index in [0.717, 1.165) is 62.7 Å². The standard InChI is InChI=1S/C90H132N20O19S2/c1-49(2)42-65(76(95)117)102-81(122)68(46-70(93)115)104-77(118)63(27-16-20-40-97-53(6)113)107-87(128)90(12,36-17-18-37-91)110-83(124)67(45-56-28-31-57-23-13-14-24-58(57)43-56)103-80(121)66(44-55-29-33-60(34-30-55)129-41-38-92)105-86(127)75-89(10,11)131-130-88(8,9)74(99-54(7)114)85(126)106-69(47-71(94)116)82(123)108-73(51(4)111)84(125)101-64(35-32-59-48-98-72-50(3)22-21-25-61(59)72)78(119)100-62(79(120)109-75)26-15-19-39-96-52(5)112/h13-14,21-25,28-31,33-34,43,48-49,51,62-69,73-75,98,111H,15-20,26-27,32,35-42,44-47,91-92H2,1-12H3,(H2,93,115)(H2,94,116)(H2,95,117)(H,96,112)(H,97,113)(H,99,114)(H,100,119)(H,101,125)(H,102,122)(H,103,121)(H,104,118)(H,105,127)(H,106,126)(H,107,128)(H,108,123)(H,109,120)(H,110,124)/t51-,62+,63+,64+,65-,66+,67+,68+,69+,73+,74-,75-,90+/m1/s1. The Labute approximate surface area is 770 Å². The number of rotatable bonds is 45. The van der Waals surface area contributed by atoms with Crippen LogP contribution in [0.25, 0.3) is 21.7 Å². The molecule has 718 valence electrons. The number of carbonyl (C=O) groups is 17. The molecule has 1 aliphatic rings. The zero-order valence-corrected chi connectivity index (χ0v) is 78.1. The van der Waals surface area contributed by atoms with Gasteiger partial charge < -0.3 is 118 Å². The molecule has 39 nitrogen and oxygen atoms in total. The number of unbranched alkanes of at least 4 members (excludes halogenated alkanes) is 3. The third-order valence-corrected chi connectivity index (χ3v) is 26.3. The Hall–Kier alpha value is -11.9. The van der Waals surface area contributed by atoms with Crippen molar-refractivity contribution >= 4 is 144 Å². The van der Waals surface area contributed by atoms with Gasteiger partial charge in [0.15, 0.2) is 0 Å². The average Bonchev–Trinajstić information content (AvgIpc) is 1.70. The van der Waals surface area contributed by atoms with Gasteiger partial charge in [0.1, 0.15) is 84.4 Å². The highest BCUT2D eigenvalue weighted by Crippen LogP contribution is 2.47. The molecule has 13 atom stereocenters. The lowest BCUT2D eigenvalue weighted by atomic mass is 9.91. The van der Waals surface area contributed by atoms with E-state index < -0.39 is 189 Å². The van der Waals surface area contributed by atoms with E-state index in [-0.39, 0.29) is 134 Å². The second-order valence-electron chi connectivity index (χ2n) is 34.7. The largest absolute Gasteiger partial charge is 0.492 e. The molecule has 26 N–H and O–H groups in total. The number of aliphatic hydroxyl groups is 1. The molecule has 0 aliphatic carbocycles. The van der Waals surface area contributed by atoms with Crippen molar-refractivity contribution in [3.05, 3.63) is 113 Å². The summed E-state index contributed by atoms with van der Waals surface area (Å²) in [6.45, 7) is 18.5. The second kappa shape index (κ2) is 51.6. The molecular weight excluding hydrogens is 1730 g/mol. The summed E-state index contributed by atoms with van der Waals surface area (Å²) in [5.41, 5.74) is 30.0. The van der Waals surface area contributed by atoms with Gasteiger partial charge in [-0.15, -0.1) is 0 Å².